The van der Waals surface area contributed by atoms with Crippen molar-refractivity contribution in [2.24, 2.45) is 0 Å². The van der Waals surface area contributed by atoms with E-state index in [2.05, 4.69) is 0 Å². The van der Waals surface area contributed by atoms with E-state index in [4.69, 9.17) is 13.6 Å². The second-order valence-electron chi connectivity index (χ2n) is 4.09. The third-order valence-corrected chi connectivity index (χ3v) is 5.89. The van der Waals surface area contributed by atoms with Crippen LogP contribution < -0.4 is 0 Å². The lowest BCUT2D eigenvalue weighted by Gasteiger charge is -2.30. The monoisotopic (exact) mass is 248 g/mol. The Labute approximate surface area is 99.5 Å². The third kappa shape index (κ3) is 4.63. The van der Waals surface area contributed by atoms with Crippen molar-refractivity contribution in [3.8, 4) is 0 Å². The molecule has 1 unspecified atom stereocenters. The summed E-state index contributed by atoms with van der Waals surface area (Å²) < 4.78 is 16.5. The molecule has 0 spiro atoms. The molecule has 0 aliphatic carbocycles. The van der Waals surface area contributed by atoms with Gasteiger partial charge in [0.25, 0.3) is 0 Å². The molecule has 0 radical (unpaired) electrons. The first-order chi connectivity index (χ1) is 7.37. The molecule has 0 aromatic carbocycles. The van der Waals surface area contributed by atoms with Crippen molar-refractivity contribution >= 4 is 14.5 Å². The van der Waals surface area contributed by atoms with E-state index in [1.165, 1.54) is 0 Å². The highest BCUT2D eigenvalue weighted by Crippen LogP contribution is 2.25. The van der Waals surface area contributed by atoms with Gasteiger partial charge in [0.1, 0.15) is 0 Å². The summed E-state index contributed by atoms with van der Waals surface area (Å²) in [7, 11) is -2.46. The highest BCUT2D eigenvalue weighted by molar-refractivity contribution is 6.70. The van der Waals surface area contributed by atoms with Crippen LogP contribution in [0.3, 0.4) is 0 Å². The van der Waals surface area contributed by atoms with Gasteiger partial charge in [-0.25, -0.2) is 0 Å². The first-order valence-electron chi connectivity index (χ1n) is 5.85. The highest BCUT2D eigenvalue weighted by atomic mass is 28.4. The Hall–Kier alpha value is -0.393. The quantitative estimate of drug-likeness (QED) is 0.513. The maximum atomic E-state index is 11.8. The molecule has 0 saturated carbocycles. The first kappa shape index (κ1) is 15.6. The summed E-state index contributed by atoms with van der Waals surface area (Å²) in [6, 6.07) is 0. The van der Waals surface area contributed by atoms with Crippen LogP contribution in [0.4, 0.5) is 0 Å². The van der Waals surface area contributed by atoms with Crippen LogP contribution in [-0.2, 0) is 18.4 Å². The maximum absolute atomic E-state index is 11.8. The Bertz CT molecular complexity index is 212. The van der Waals surface area contributed by atoms with Crippen molar-refractivity contribution in [1.82, 2.24) is 0 Å². The Morgan fingerprint density at radius 1 is 1.12 bits per heavy atom. The minimum atomic E-state index is -2.46. The number of hydrogen-bond donors (Lipinski definition) is 0. The van der Waals surface area contributed by atoms with Gasteiger partial charge in [-0.3, -0.25) is 4.79 Å². The fourth-order valence-corrected chi connectivity index (χ4v) is 3.64. The van der Waals surface area contributed by atoms with Crippen molar-refractivity contribution in [2.45, 2.75) is 52.8 Å². The smallest absolute Gasteiger partial charge is 0.349 e. The van der Waals surface area contributed by atoms with Crippen molar-refractivity contribution < 1.29 is 18.4 Å². The van der Waals surface area contributed by atoms with Crippen LogP contribution >= 0.6 is 0 Å². The summed E-state index contributed by atoms with van der Waals surface area (Å²) in [4.78, 5) is 11.8. The second-order valence-corrected chi connectivity index (χ2v) is 7.56. The van der Waals surface area contributed by atoms with Gasteiger partial charge in [-0.15, -0.1) is 0 Å². The largest absolute Gasteiger partial charge is 0.463 e. The van der Waals surface area contributed by atoms with Crippen LogP contribution in [-0.4, -0.2) is 33.8 Å². The Morgan fingerprint density at radius 3 is 1.88 bits per heavy atom. The maximum Gasteiger partial charge on any atom is 0.349 e. The molecule has 0 N–H and O–H groups in total. The van der Waals surface area contributed by atoms with Crippen LogP contribution in [0.1, 0.15) is 34.6 Å². The summed E-state index contributed by atoms with van der Waals surface area (Å²) in [6.07, 6.45) is -0.101. The molecule has 0 aliphatic rings. The predicted octanol–water partition coefficient (Wildman–Crippen LogP) is 2.47. The first-order valence-corrected chi connectivity index (χ1v) is 8.25. The van der Waals surface area contributed by atoms with Gasteiger partial charge in [-0.2, -0.15) is 0 Å². The zero-order chi connectivity index (χ0) is 12.8. The van der Waals surface area contributed by atoms with E-state index in [0.29, 0.717) is 13.2 Å². The van der Waals surface area contributed by atoms with Crippen LogP contribution in [0, 0.1) is 0 Å². The number of carbonyl (C=O) groups excluding carboxylic acids is 1. The molecule has 96 valence electrons. The summed E-state index contributed by atoms with van der Waals surface area (Å²) >= 11 is 0. The summed E-state index contributed by atoms with van der Waals surface area (Å²) in [5.41, 5.74) is -0.310. The number of carbonyl (C=O) groups is 1. The topological polar surface area (TPSA) is 44.8 Å². The number of ether oxygens (including phenoxy) is 1. The van der Waals surface area contributed by atoms with Gasteiger partial charge in [0.15, 0.2) is 0 Å². The van der Waals surface area contributed by atoms with E-state index in [1.807, 2.05) is 41.2 Å². The fraction of sp³-hybridized carbons (Fsp3) is 0.909. The van der Waals surface area contributed by atoms with E-state index in [1.54, 1.807) is 0 Å². The van der Waals surface area contributed by atoms with Gasteiger partial charge in [0.05, 0.1) is 11.6 Å². The van der Waals surface area contributed by atoms with Crippen molar-refractivity contribution in [1.29, 1.82) is 0 Å². The summed E-state index contributed by atoms with van der Waals surface area (Å²) in [5, 5.41) is 0. The Morgan fingerprint density at radius 2 is 1.56 bits per heavy atom. The molecular formula is C11H24O4Si. The molecule has 4 nitrogen and oxygen atoms in total. The minimum Gasteiger partial charge on any atom is -0.463 e. The average Bonchev–Trinajstić information content (AvgIpc) is 2.16. The lowest BCUT2D eigenvalue weighted by Crippen LogP contribution is -2.46. The molecule has 0 aromatic heterocycles. The zero-order valence-electron chi connectivity index (χ0n) is 11.2. The van der Waals surface area contributed by atoms with Gasteiger partial charge >= 0.3 is 14.5 Å². The molecule has 1 atom stereocenters. The summed E-state index contributed by atoms with van der Waals surface area (Å²) in [6.45, 7) is 12.3. The van der Waals surface area contributed by atoms with E-state index in [0.717, 1.165) is 0 Å². The lowest BCUT2D eigenvalue weighted by atomic mass is 10.4. The van der Waals surface area contributed by atoms with Crippen LogP contribution in [0.5, 0.6) is 0 Å². The molecule has 0 bridgehead atoms. The van der Waals surface area contributed by atoms with Crippen molar-refractivity contribution in [3.63, 3.8) is 0 Å². The van der Waals surface area contributed by atoms with Crippen molar-refractivity contribution in [2.75, 3.05) is 13.2 Å². The SMILES string of the molecule is CCO[Si](C)(OCC)C(C)C(=O)OC(C)C. The summed E-state index contributed by atoms with van der Waals surface area (Å²) in [5.74, 6) is -0.230. The highest BCUT2D eigenvalue weighted by Gasteiger charge is 2.43. The number of hydrogen-bond acceptors (Lipinski definition) is 4. The predicted molar refractivity (Wildman–Crippen MR) is 65.5 cm³/mol. The molecule has 5 heteroatoms. The molecule has 0 fully saturated rings. The van der Waals surface area contributed by atoms with E-state index in [-0.39, 0.29) is 17.6 Å². The van der Waals surface area contributed by atoms with Gasteiger partial charge < -0.3 is 13.6 Å². The molecule has 0 rings (SSSR count). The van der Waals surface area contributed by atoms with Gasteiger partial charge in [0.2, 0.25) is 0 Å². The Kier molecular flexibility index (Phi) is 6.86. The van der Waals surface area contributed by atoms with Gasteiger partial charge in [0, 0.05) is 13.2 Å². The molecule has 0 aromatic rings. The van der Waals surface area contributed by atoms with E-state index < -0.39 is 8.56 Å². The molecule has 0 heterocycles. The normalized spacial score (nSPS) is 13.9. The molecular weight excluding hydrogens is 224 g/mol. The van der Waals surface area contributed by atoms with E-state index in [9.17, 15) is 4.79 Å². The molecule has 16 heavy (non-hydrogen) atoms. The number of rotatable bonds is 7. The van der Waals surface area contributed by atoms with E-state index >= 15 is 0 Å². The molecule has 0 saturated heterocycles. The average molecular weight is 248 g/mol. The van der Waals surface area contributed by atoms with Crippen LogP contribution in [0.25, 0.3) is 0 Å². The third-order valence-electron chi connectivity index (χ3n) is 2.35. The Balaban J connectivity index is 4.59. The molecule has 0 aliphatic heterocycles. The fourth-order valence-electron chi connectivity index (χ4n) is 1.41. The van der Waals surface area contributed by atoms with Crippen LogP contribution in [0.15, 0.2) is 0 Å². The molecule has 0 amide bonds. The van der Waals surface area contributed by atoms with Gasteiger partial charge in [-0.05, 0) is 41.2 Å². The second kappa shape index (κ2) is 7.03. The van der Waals surface area contributed by atoms with Gasteiger partial charge in [-0.1, -0.05) is 0 Å². The number of esters is 1. The zero-order valence-corrected chi connectivity index (χ0v) is 12.2. The standard InChI is InChI=1S/C11H24O4Si/c1-7-13-16(6,14-8-2)10(5)11(12)15-9(3)4/h9-10H,7-8H2,1-6H3. The lowest BCUT2D eigenvalue weighted by molar-refractivity contribution is -0.147. The van der Waals surface area contributed by atoms with Crippen LogP contribution in [0.2, 0.25) is 12.1 Å². The van der Waals surface area contributed by atoms with Crippen molar-refractivity contribution in [3.05, 3.63) is 0 Å². The minimum absolute atomic E-state index is 0.101.